The van der Waals surface area contributed by atoms with E-state index in [1.807, 2.05) is 67.6 Å². The average molecular weight is 459 g/mol. The minimum atomic E-state index is -0.283. The van der Waals surface area contributed by atoms with Crippen molar-refractivity contribution in [2.75, 3.05) is 21.0 Å². The van der Waals surface area contributed by atoms with E-state index in [0.29, 0.717) is 42.3 Å². The van der Waals surface area contributed by atoms with Crippen LogP contribution in [0.5, 0.6) is 17.2 Å². The van der Waals surface area contributed by atoms with Gasteiger partial charge >= 0.3 is 5.63 Å². The fourth-order valence-electron chi connectivity index (χ4n) is 4.67. The molecule has 6 nitrogen and oxygen atoms in total. The summed E-state index contributed by atoms with van der Waals surface area (Å²) in [6, 6.07) is 19.9. The Hall–Kier alpha value is -3.77. The molecular weight excluding hydrogens is 430 g/mol. The highest BCUT2D eigenvalue weighted by atomic mass is 16.5. The van der Waals surface area contributed by atoms with Crippen molar-refractivity contribution in [3.63, 3.8) is 0 Å². The smallest absolute Gasteiger partial charge is 0.340 e. The van der Waals surface area contributed by atoms with Crippen LogP contribution in [0.3, 0.4) is 0 Å². The molecule has 1 unspecified atom stereocenters. The van der Waals surface area contributed by atoms with E-state index < -0.39 is 0 Å². The molecule has 0 fully saturated rings. The third kappa shape index (κ3) is 4.13. The van der Waals surface area contributed by atoms with Crippen molar-refractivity contribution in [3.05, 3.63) is 98.9 Å². The number of ether oxygens (including phenoxy) is 3. The van der Waals surface area contributed by atoms with E-state index in [2.05, 4.69) is 0 Å². The van der Waals surface area contributed by atoms with E-state index in [9.17, 15) is 4.79 Å². The van der Waals surface area contributed by atoms with Gasteiger partial charge in [0, 0.05) is 22.9 Å². The number of hydrogen-bond donors (Lipinski definition) is 1. The summed E-state index contributed by atoms with van der Waals surface area (Å²) in [4.78, 5) is 14.2. The minimum absolute atomic E-state index is 0.283. The van der Waals surface area contributed by atoms with E-state index >= 15 is 0 Å². The molecule has 0 aliphatic carbocycles. The van der Waals surface area contributed by atoms with Crippen molar-refractivity contribution < 1.29 is 23.5 Å². The molecule has 0 spiro atoms. The van der Waals surface area contributed by atoms with Gasteiger partial charge in [0.2, 0.25) is 6.73 Å². The number of hydrogen-bond acceptors (Lipinski definition) is 5. The van der Waals surface area contributed by atoms with Gasteiger partial charge < -0.3 is 18.6 Å². The number of benzene rings is 3. The molecule has 34 heavy (non-hydrogen) atoms. The summed E-state index contributed by atoms with van der Waals surface area (Å²) in [5, 5.41) is 0.959. The maximum atomic E-state index is 13.0. The van der Waals surface area contributed by atoms with Crippen LogP contribution in [0.4, 0.5) is 0 Å². The van der Waals surface area contributed by atoms with E-state index in [1.165, 1.54) is 4.90 Å². The van der Waals surface area contributed by atoms with Crippen molar-refractivity contribution in [3.8, 4) is 17.2 Å². The summed E-state index contributed by atoms with van der Waals surface area (Å²) in [6.45, 7) is 3.97. The molecule has 0 saturated heterocycles. The standard InChI is InChI=1S/C28H27NO5/c1-18-21-10-12-24-23(27(21)34-28(30)22(18)13-19-7-5-4-6-8-19)16-29(17-33-24)15-20-9-11-25(31-2)26(14-20)32-3/h4-12,14H,13,15-17H2,1-3H3/p+1. The fraction of sp³-hybridized carbons (Fsp3) is 0.250. The van der Waals surface area contributed by atoms with Gasteiger partial charge in [0.25, 0.3) is 0 Å². The molecule has 1 aliphatic heterocycles. The Balaban J connectivity index is 1.46. The second-order valence-corrected chi connectivity index (χ2v) is 8.66. The van der Waals surface area contributed by atoms with E-state index in [1.54, 1.807) is 14.2 Å². The zero-order valence-electron chi connectivity index (χ0n) is 19.6. The quantitative estimate of drug-likeness (QED) is 0.447. The Kier molecular flexibility index (Phi) is 5.99. The van der Waals surface area contributed by atoms with Crippen LogP contribution in [0.15, 0.2) is 69.9 Å². The third-order valence-corrected chi connectivity index (χ3v) is 6.50. The van der Waals surface area contributed by atoms with Crippen LogP contribution >= 0.6 is 0 Å². The van der Waals surface area contributed by atoms with Gasteiger partial charge in [-0.05, 0) is 48.4 Å². The van der Waals surface area contributed by atoms with Gasteiger partial charge in [0.05, 0.1) is 19.8 Å². The zero-order chi connectivity index (χ0) is 23.7. The molecule has 5 rings (SSSR count). The molecule has 4 aromatic rings. The molecular formula is C28H28NO5+. The molecule has 0 bridgehead atoms. The summed E-state index contributed by atoms with van der Waals surface area (Å²) >= 11 is 0. The van der Waals surface area contributed by atoms with E-state index in [-0.39, 0.29) is 5.63 Å². The van der Waals surface area contributed by atoms with Crippen LogP contribution in [0.1, 0.15) is 27.8 Å². The van der Waals surface area contributed by atoms with E-state index in [0.717, 1.165) is 39.9 Å². The summed E-state index contributed by atoms with van der Waals surface area (Å²) in [5.41, 5.74) is 5.14. The Morgan fingerprint density at radius 3 is 2.50 bits per heavy atom. The molecule has 1 N–H and O–H groups in total. The molecule has 0 amide bonds. The van der Waals surface area contributed by atoms with Gasteiger partial charge in [-0.25, -0.2) is 4.79 Å². The summed E-state index contributed by atoms with van der Waals surface area (Å²) in [5.74, 6) is 2.19. The van der Waals surface area contributed by atoms with Gasteiger partial charge in [-0.15, -0.1) is 0 Å². The molecule has 3 aromatic carbocycles. The van der Waals surface area contributed by atoms with E-state index in [4.69, 9.17) is 18.6 Å². The highest BCUT2D eigenvalue weighted by molar-refractivity contribution is 5.86. The molecule has 0 radical (unpaired) electrons. The normalized spacial score (nSPS) is 15.0. The SMILES string of the molecule is COc1ccc(C[NH+]2COc3ccc4c(C)c(Cc5ccccc5)c(=O)oc4c3C2)cc1OC. The van der Waals surface area contributed by atoms with Crippen LogP contribution in [0.2, 0.25) is 0 Å². The van der Waals surface area contributed by atoms with Crippen molar-refractivity contribution in [1.82, 2.24) is 0 Å². The first kappa shape index (κ1) is 22.0. The first-order chi connectivity index (χ1) is 16.6. The predicted molar refractivity (Wildman–Crippen MR) is 130 cm³/mol. The van der Waals surface area contributed by atoms with Crippen LogP contribution in [0, 0.1) is 6.92 Å². The lowest BCUT2D eigenvalue weighted by atomic mass is 9.97. The molecule has 1 aromatic heterocycles. The van der Waals surface area contributed by atoms with Gasteiger partial charge in [0.1, 0.15) is 18.8 Å². The number of rotatable bonds is 6. The summed E-state index contributed by atoms with van der Waals surface area (Å²) in [6.07, 6.45) is 0.551. The Morgan fingerprint density at radius 1 is 0.941 bits per heavy atom. The first-order valence-electron chi connectivity index (χ1n) is 11.4. The minimum Gasteiger partial charge on any atom is -0.493 e. The predicted octanol–water partition coefficient (Wildman–Crippen LogP) is 3.64. The fourth-order valence-corrected chi connectivity index (χ4v) is 4.67. The third-order valence-electron chi connectivity index (χ3n) is 6.50. The van der Waals surface area contributed by atoms with Crippen LogP contribution in [-0.2, 0) is 19.5 Å². The highest BCUT2D eigenvalue weighted by Gasteiger charge is 2.26. The molecule has 6 heteroatoms. The van der Waals surface area contributed by atoms with Gasteiger partial charge in [-0.2, -0.15) is 0 Å². The van der Waals surface area contributed by atoms with Crippen molar-refractivity contribution in [2.45, 2.75) is 26.4 Å². The molecule has 0 saturated carbocycles. The van der Waals surface area contributed by atoms with Gasteiger partial charge in [0.15, 0.2) is 17.1 Å². The Bertz CT molecular complexity index is 1390. The molecule has 174 valence electrons. The number of nitrogens with one attached hydrogen (secondary N) is 1. The second-order valence-electron chi connectivity index (χ2n) is 8.66. The van der Waals surface area contributed by atoms with Crippen molar-refractivity contribution in [2.24, 2.45) is 0 Å². The van der Waals surface area contributed by atoms with Gasteiger partial charge in [-0.3, -0.25) is 4.90 Å². The number of methoxy groups -OCH3 is 2. The lowest BCUT2D eigenvalue weighted by molar-refractivity contribution is -0.945. The van der Waals surface area contributed by atoms with Crippen molar-refractivity contribution >= 4 is 11.0 Å². The second kappa shape index (κ2) is 9.23. The highest BCUT2D eigenvalue weighted by Crippen LogP contribution is 2.32. The Morgan fingerprint density at radius 2 is 1.74 bits per heavy atom. The first-order valence-corrected chi connectivity index (χ1v) is 11.4. The monoisotopic (exact) mass is 458 g/mol. The number of fused-ring (bicyclic) bond motifs is 3. The van der Waals surface area contributed by atoms with Crippen molar-refractivity contribution in [1.29, 1.82) is 0 Å². The molecule has 1 atom stereocenters. The average Bonchev–Trinajstić information content (AvgIpc) is 2.87. The lowest BCUT2D eigenvalue weighted by Gasteiger charge is -2.27. The lowest BCUT2D eigenvalue weighted by Crippen LogP contribution is -3.10. The molecule has 2 heterocycles. The maximum Gasteiger partial charge on any atom is 0.340 e. The maximum absolute atomic E-state index is 13.0. The number of quaternary nitrogens is 1. The summed E-state index contributed by atoms with van der Waals surface area (Å²) in [7, 11) is 3.27. The summed E-state index contributed by atoms with van der Waals surface area (Å²) < 4.78 is 22.8. The van der Waals surface area contributed by atoms with Crippen LogP contribution in [0.25, 0.3) is 11.0 Å². The van der Waals surface area contributed by atoms with Crippen LogP contribution in [-0.4, -0.2) is 21.0 Å². The topological polar surface area (TPSA) is 62.3 Å². The zero-order valence-corrected chi connectivity index (χ0v) is 19.6. The molecule has 1 aliphatic rings. The van der Waals surface area contributed by atoms with Gasteiger partial charge in [-0.1, -0.05) is 30.3 Å². The number of aryl methyl sites for hydroxylation is 1. The largest absolute Gasteiger partial charge is 0.493 e. The Labute approximate surface area is 198 Å². The van der Waals surface area contributed by atoms with Crippen LogP contribution < -0.4 is 24.7 Å².